The van der Waals surface area contributed by atoms with E-state index in [2.05, 4.69) is 15.9 Å². The maximum atomic E-state index is 11.6. The second-order valence-electron chi connectivity index (χ2n) is 3.82. The van der Waals surface area contributed by atoms with Crippen molar-refractivity contribution >= 4 is 27.9 Å². The normalized spacial score (nSPS) is 19.2. The highest BCUT2D eigenvalue weighted by Gasteiger charge is 2.37. The van der Waals surface area contributed by atoms with E-state index in [4.69, 9.17) is 4.74 Å². The van der Waals surface area contributed by atoms with Crippen LogP contribution in [0.1, 0.15) is 5.56 Å². The molecule has 2 rings (SSSR count). The van der Waals surface area contributed by atoms with E-state index in [1.807, 2.05) is 30.3 Å². The maximum absolute atomic E-state index is 11.6. The van der Waals surface area contributed by atoms with E-state index in [-0.39, 0.29) is 23.9 Å². The first kappa shape index (κ1) is 12.1. The molecule has 2 amide bonds. The Morgan fingerprint density at radius 1 is 1.41 bits per heavy atom. The second-order valence-corrected chi connectivity index (χ2v) is 4.38. The third kappa shape index (κ3) is 2.66. The number of hydrogen-bond donors (Lipinski definition) is 0. The van der Waals surface area contributed by atoms with Crippen molar-refractivity contribution in [2.24, 2.45) is 0 Å². The summed E-state index contributed by atoms with van der Waals surface area (Å²) in [5.74, 6) is -0.256. The lowest BCUT2D eigenvalue weighted by atomic mass is 10.1. The van der Waals surface area contributed by atoms with E-state index in [0.717, 1.165) is 5.56 Å². The monoisotopic (exact) mass is 297 g/mol. The largest absolute Gasteiger partial charge is 0.447 e. The first-order chi connectivity index (χ1) is 8.22. The fraction of sp³-hybridized carbons (Fsp3) is 0.333. The van der Waals surface area contributed by atoms with Gasteiger partial charge < -0.3 is 4.74 Å². The molecule has 0 aromatic heterocycles. The molecular weight excluding hydrogens is 286 g/mol. The number of ether oxygens (including phenoxy) is 1. The van der Waals surface area contributed by atoms with Crippen molar-refractivity contribution in [1.82, 2.24) is 4.90 Å². The minimum absolute atomic E-state index is 0.132. The molecule has 1 saturated heterocycles. The van der Waals surface area contributed by atoms with Gasteiger partial charge in [0.25, 0.3) is 0 Å². The fourth-order valence-electron chi connectivity index (χ4n) is 1.87. The van der Waals surface area contributed by atoms with Gasteiger partial charge in [0.05, 0.1) is 11.4 Å². The van der Waals surface area contributed by atoms with Gasteiger partial charge >= 0.3 is 6.09 Å². The summed E-state index contributed by atoms with van der Waals surface area (Å²) in [6.07, 6.45) is 0.0843. The summed E-state index contributed by atoms with van der Waals surface area (Å²) in [6.45, 7) is 0.270. The summed E-state index contributed by atoms with van der Waals surface area (Å²) in [5, 5.41) is 0.132. The second kappa shape index (κ2) is 5.31. The van der Waals surface area contributed by atoms with E-state index in [9.17, 15) is 9.59 Å². The van der Waals surface area contributed by atoms with Gasteiger partial charge in [0.15, 0.2) is 0 Å². The molecule has 1 aromatic carbocycles. The highest BCUT2D eigenvalue weighted by Crippen LogP contribution is 2.17. The minimum Gasteiger partial charge on any atom is -0.447 e. The minimum atomic E-state index is -0.546. The Balaban J connectivity index is 2.10. The smallest absolute Gasteiger partial charge is 0.417 e. The molecular formula is C12H12BrNO3. The standard InChI is InChI=1S/C12H12BrNO3/c13-7-11(15)14-10(8-17-12(14)16)6-9-4-2-1-3-5-9/h1-5,10H,6-8H2. The summed E-state index contributed by atoms with van der Waals surface area (Å²) in [6, 6.07) is 9.54. The van der Waals surface area contributed by atoms with Crippen LogP contribution in [-0.4, -0.2) is 34.9 Å². The van der Waals surface area contributed by atoms with Gasteiger partial charge in [0, 0.05) is 0 Å². The molecule has 1 fully saturated rings. The van der Waals surface area contributed by atoms with E-state index in [0.29, 0.717) is 6.42 Å². The Kier molecular flexibility index (Phi) is 3.78. The van der Waals surface area contributed by atoms with E-state index < -0.39 is 6.09 Å². The number of hydrogen-bond acceptors (Lipinski definition) is 3. The van der Waals surface area contributed by atoms with Crippen LogP contribution in [0.25, 0.3) is 0 Å². The average molecular weight is 298 g/mol. The third-order valence-corrected chi connectivity index (χ3v) is 3.14. The van der Waals surface area contributed by atoms with E-state index in [1.54, 1.807) is 0 Å². The highest BCUT2D eigenvalue weighted by molar-refractivity contribution is 9.09. The molecule has 0 saturated carbocycles. The Hall–Kier alpha value is -1.36. The van der Waals surface area contributed by atoms with Crippen molar-refractivity contribution < 1.29 is 14.3 Å². The summed E-state index contributed by atoms with van der Waals surface area (Å²) in [4.78, 5) is 24.2. The molecule has 0 N–H and O–H groups in total. The third-order valence-electron chi connectivity index (χ3n) is 2.66. The van der Waals surface area contributed by atoms with Crippen LogP contribution in [0.3, 0.4) is 0 Å². The van der Waals surface area contributed by atoms with Crippen LogP contribution in [0.15, 0.2) is 30.3 Å². The number of halogens is 1. The Morgan fingerprint density at radius 3 is 2.76 bits per heavy atom. The number of imide groups is 1. The van der Waals surface area contributed by atoms with Crippen LogP contribution in [0.5, 0.6) is 0 Å². The Bertz CT molecular complexity index is 421. The molecule has 1 aromatic rings. The van der Waals surface area contributed by atoms with Crippen LogP contribution in [0, 0.1) is 0 Å². The molecule has 1 heterocycles. The van der Waals surface area contributed by atoms with Gasteiger partial charge in [-0.15, -0.1) is 0 Å². The highest BCUT2D eigenvalue weighted by atomic mass is 79.9. The summed E-state index contributed by atoms with van der Waals surface area (Å²) in [5.41, 5.74) is 1.09. The van der Waals surface area contributed by atoms with Gasteiger partial charge in [-0.2, -0.15) is 0 Å². The fourth-order valence-corrected chi connectivity index (χ4v) is 2.14. The SMILES string of the molecule is O=C(CBr)N1C(=O)OCC1Cc1ccccc1. The van der Waals surface area contributed by atoms with Crippen molar-refractivity contribution in [3.8, 4) is 0 Å². The van der Waals surface area contributed by atoms with Crippen LogP contribution in [0.2, 0.25) is 0 Å². The molecule has 17 heavy (non-hydrogen) atoms. The number of carbonyl (C=O) groups excluding carboxylic acids is 2. The first-order valence-electron chi connectivity index (χ1n) is 5.31. The number of alkyl halides is 1. The number of nitrogens with zero attached hydrogens (tertiary/aromatic N) is 1. The molecule has 4 nitrogen and oxygen atoms in total. The number of amides is 2. The number of benzene rings is 1. The number of cyclic esters (lactones) is 1. The van der Waals surface area contributed by atoms with Crippen molar-refractivity contribution in [3.63, 3.8) is 0 Å². The molecule has 0 radical (unpaired) electrons. The molecule has 0 aliphatic carbocycles. The average Bonchev–Trinajstić information content (AvgIpc) is 2.71. The van der Waals surface area contributed by atoms with Crippen LogP contribution >= 0.6 is 15.9 Å². The lowest BCUT2D eigenvalue weighted by molar-refractivity contribution is -0.126. The van der Waals surface area contributed by atoms with Crippen molar-refractivity contribution in [3.05, 3.63) is 35.9 Å². The van der Waals surface area contributed by atoms with Crippen molar-refractivity contribution in [2.45, 2.75) is 12.5 Å². The summed E-state index contributed by atoms with van der Waals surface area (Å²) in [7, 11) is 0. The summed E-state index contributed by atoms with van der Waals surface area (Å²) >= 11 is 3.07. The lowest BCUT2D eigenvalue weighted by Crippen LogP contribution is -2.40. The maximum Gasteiger partial charge on any atom is 0.417 e. The molecule has 1 unspecified atom stereocenters. The Labute approximate surface area is 108 Å². The molecule has 5 heteroatoms. The van der Waals surface area contributed by atoms with Gasteiger partial charge in [-0.05, 0) is 12.0 Å². The van der Waals surface area contributed by atoms with Gasteiger partial charge in [-0.3, -0.25) is 4.79 Å². The van der Waals surface area contributed by atoms with Crippen molar-refractivity contribution in [1.29, 1.82) is 0 Å². The van der Waals surface area contributed by atoms with E-state index >= 15 is 0 Å². The van der Waals surface area contributed by atoms with Crippen LogP contribution in [-0.2, 0) is 16.0 Å². The lowest BCUT2D eigenvalue weighted by Gasteiger charge is -2.18. The van der Waals surface area contributed by atoms with E-state index in [1.165, 1.54) is 4.90 Å². The number of carbonyl (C=O) groups is 2. The van der Waals surface area contributed by atoms with Gasteiger partial charge in [0.1, 0.15) is 6.61 Å². The molecule has 0 bridgehead atoms. The zero-order valence-electron chi connectivity index (χ0n) is 9.14. The molecule has 1 aliphatic rings. The summed E-state index contributed by atoms with van der Waals surface area (Å²) < 4.78 is 4.92. The van der Waals surface area contributed by atoms with Crippen molar-refractivity contribution in [2.75, 3.05) is 11.9 Å². The first-order valence-corrected chi connectivity index (χ1v) is 6.43. The van der Waals surface area contributed by atoms with Gasteiger partial charge in [0.2, 0.25) is 5.91 Å². The van der Waals surface area contributed by atoms with Crippen LogP contribution in [0.4, 0.5) is 4.79 Å². The predicted molar refractivity (Wildman–Crippen MR) is 65.9 cm³/mol. The molecule has 1 aliphatic heterocycles. The quantitative estimate of drug-likeness (QED) is 0.802. The molecule has 1 atom stereocenters. The Morgan fingerprint density at radius 2 is 2.12 bits per heavy atom. The number of rotatable bonds is 3. The molecule has 0 spiro atoms. The van der Waals surface area contributed by atoms with Gasteiger partial charge in [-0.25, -0.2) is 9.69 Å². The topological polar surface area (TPSA) is 46.6 Å². The van der Waals surface area contributed by atoms with Crippen LogP contribution < -0.4 is 0 Å². The predicted octanol–water partition coefficient (Wildman–Crippen LogP) is 1.97. The van der Waals surface area contributed by atoms with Gasteiger partial charge in [-0.1, -0.05) is 46.3 Å². The zero-order chi connectivity index (χ0) is 12.3. The molecule has 90 valence electrons. The zero-order valence-corrected chi connectivity index (χ0v) is 10.7.